The van der Waals surface area contributed by atoms with Gasteiger partial charge in [-0.3, -0.25) is 0 Å². The van der Waals surface area contributed by atoms with E-state index in [1.165, 1.54) is 0 Å². The van der Waals surface area contributed by atoms with E-state index in [4.69, 9.17) is 9.47 Å². The monoisotopic (exact) mass is 406 g/mol. The summed E-state index contributed by atoms with van der Waals surface area (Å²) in [5.41, 5.74) is 0.223. The second-order valence-electron chi connectivity index (χ2n) is 5.26. The molecule has 0 amide bonds. The van der Waals surface area contributed by atoms with E-state index in [0.29, 0.717) is 19.1 Å². The Kier molecular flexibility index (Phi) is 7.96. The molecule has 2 nitrogen and oxygen atoms in total. The summed E-state index contributed by atoms with van der Waals surface area (Å²) in [6.07, 6.45) is 1.00. The van der Waals surface area contributed by atoms with Gasteiger partial charge in [-0.1, -0.05) is 57.8 Å². The first-order chi connectivity index (χ1) is 9.59. The van der Waals surface area contributed by atoms with Gasteiger partial charge < -0.3 is 9.47 Å². The van der Waals surface area contributed by atoms with Crippen molar-refractivity contribution in [1.29, 1.82) is 0 Å². The number of halogens is 2. The summed E-state index contributed by atoms with van der Waals surface area (Å²) in [5.74, 6) is 2.24. The van der Waals surface area contributed by atoms with E-state index in [1.54, 1.807) is 0 Å². The Morgan fingerprint density at radius 1 is 1.05 bits per heavy atom. The van der Waals surface area contributed by atoms with Crippen molar-refractivity contribution in [3.05, 3.63) is 24.3 Å². The van der Waals surface area contributed by atoms with Crippen molar-refractivity contribution in [3.8, 4) is 11.5 Å². The Balaban J connectivity index is 2.63. The van der Waals surface area contributed by atoms with Crippen molar-refractivity contribution in [2.24, 2.45) is 11.3 Å². The zero-order valence-electron chi connectivity index (χ0n) is 12.5. The van der Waals surface area contributed by atoms with E-state index in [0.717, 1.165) is 28.6 Å². The van der Waals surface area contributed by atoms with Crippen LogP contribution in [-0.4, -0.2) is 23.9 Å². The molecule has 1 aromatic carbocycles. The Morgan fingerprint density at radius 3 is 2.05 bits per heavy atom. The molecule has 0 N–H and O–H groups in total. The topological polar surface area (TPSA) is 18.5 Å². The van der Waals surface area contributed by atoms with Gasteiger partial charge >= 0.3 is 0 Å². The largest absolute Gasteiger partial charge is 0.490 e. The number of rotatable bonds is 9. The van der Waals surface area contributed by atoms with E-state index < -0.39 is 0 Å². The quantitative estimate of drug-likeness (QED) is 0.518. The fourth-order valence-corrected chi connectivity index (χ4v) is 4.76. The number of ether oxygens (including phenoxy) is 2. The molecule has 0 spiro atoms. The molecule has 0 heterocycles. The zero-order chi connectivity index (χ0) is 15.0. The molecule has 0 bridgehead atoms. The fourth-order valence-electron chi connectivity index (χ4n) is 1.98. The predicted octanol–water partition coefficient (Wildman–Crippen LogP) is 5.29. The lowest BCUT2D eigenvalue weighted by atomic mass is 9.78. The second kappa shape index (κ2) is 8.93. The van der Waals surface area contributed by atoms with Crippen LogP contribution in [0, 0.1) is 11.3 Å². The Bertz CT molecular complexity index is 390. The third-order valence-corrected chi connectivity index (χ3v) is 6.00. The van der Waals surface area contributed by atoms with Gasteiger partial charge in [0.25, 0.3) is 0 Å². The van der Waals surface area contributed by atoms with Crippen LogP contribution in [0.25, 0.3) is 0 Å². The molecule has 0 saturated heterocycles. The lowest BCUT2D eigenvalue weighted by molar-refractivity contribution is 0.183. The first kappa shape index (κ1) is 17.8. The molecule has 0 atom stereocenters. The molecule has 1 rings (SSSR count). The highest BCUT2D eigenvalue weighted by atomic mass is 79.9. The van der Waals surface area contributed by atoms with E-state index in [1.807, 2.05) is 31.2 Å². The van der Waals surface area contributed by atoms with Crippen LogP contribution in [0.15, 0.2) is 24.3 Å². The molecule has 0 unspecified atom stereocenters. The van der Waals surface area contributed by atoms with Gasteiger partial charge in [0.05, 0.1) is 13.2 Å². The lowest BCUT2D eigenvalue weighted by Crippen LogP contribution is -2.33. The molecular formula is C16H24Br2O2. The molecule has 0 aliphatic carbocycles. The summed E-state index contributed by atoms with van der Waals surface area (Å²) in [6, 6.07) is 7.85. The summed E-state index contributed by atoms with van der Waals surface area (Å²) in [4.78, 5) is 0. The van der Waals surface area contributed by atoms with Crippen LogP contribution in [-0.2, 0) is 0 Å². The molecule has 0 aliphatic heterocycles. The Morgan fingerprint density at radius 2 is 1.60 bits per heavy atom. The Labute approximate surface area is 139 Å². The molecular weight excluding hydrogens is 384 g/mol. The molecule has 0 fully saturated rings. The lowest BCUT2D eigenvalue weighted by Gasteiger charge is -2.34. The van der Waals surface area contributed by atoms with Crippen molar-refractivity contribution in [1.82, 2.24) is 0 Å². The number of para-hydroxylation sites is 2. The third kappa shape index (κ3) is 4.66. The van der Waals surface area contributed by atoms with Crippen molar-refractivity contribution < 1.29 is 9.47 Å². The van der Waals surface area contributed by atoms with Crippen LogP contribution in [0.4, 0.5) is 0 Å². The molecule has 0 saturated carbocycles. The van der Waals surface area contributed by atoms with Crippen molar-refractivity contribution in [3.63, 3.8) is 0 Å². The molecule has 0 aliphatic rings. The summed E-state index contributed by atoms with van der Waals surface area (Å²) in [7, 11) is 0. The summed E-state index contributed by atoms with van der Waals surface area (Å²) in [5, 5.41) is 1.94. The van der Waals surface area contributed by atoms with Crippen LogP contribution in [0.3, 0.4) is 0 Å². The van der Waals surface area contributed by atoms with Gasteiger partial charge in [0, 0.05) is 10.7 Å². The minimum absolute atomic E-state index is 0.223. The SMILES string of the molecule is CCOc1ccccc1OCCC(CBr)(CBr)C(C)C. The normalized spacial score (nSPS) is 11.7. The van der Waals surface area contributed by atoms with Gasteiger partial charge in [-0.2, -0.15) is 0 Å². The fraction of sp³-hybridized carbons (Fsp3) is 0.625. The Hall–Kier alpha value is -0.220. The van der Waals surface area contributed by atoms with Crippen LogP contribution in [0.1, 0.15) is 27.2 Å². The maximum absolute atomic E-state index is 5.93. The van der Waals surface area contributed by atoms with E-state index in [9.17, 15) is 0 Å². The van der Waals surface area contributed by atoms with Crippen LogP contribution in [0.5, 0.6) is 11.5 Å². The van der Waals surface area contributed by atoms with Crippen molar-refractivity contribution in [2.45, 2.75) is 27.2 Å². The minimum atomic E-state index is 0.223. The minimum Gasteiger partial charge on any atom is -0.490 e. The predicted molar refractivity (Wildman–Crippen MR) is 92.6 cm³/mol. The zero-order valence-corrected chi connectivity index (χ0v) is 15.7. The maximum Gasteiger partial charge on any atom is 0.161 e. The summed E-state index contributed by atoms with van der Waals surface area (Å²) in [6.45, 7) is 7.85. The highest BCUT2D eigenvalue weighted by Gasteiger charge is 2.31. The second-order valence-corrected chi connectivity index (χ2v) is 6.38. The highest BCUT2D eigenvalue weighted by molar-refractivity contribution is 9.09. The average molecular weight is 408 g/mol. The van der Waals surface area contributed by atoms with Gasteiger partial charge in [-0.25, -0.2) is 0 Å². The first-order valence-corrected chi connectivity index (χ1v) is 9.30. The van der Waals surface area contributed by atoms with Gasteiger partial charge in [0.15, 0.2) is 11.5 Å². The van der Waals surface area contributed by atoms with Crippen LogP contribution < -0.4 is 9.47 Å². The van der Waals surface area contributed by atoms with Gasteiger partial charge in [0.2, 0.25) is 0 Å². The standard InChI is InChI=1S/C16H24Br2O2/c1-4-19-14-7-5-6-8-15(14)20-10-9-16(11-17,12-18)13(2)3/h5-8,13H,4,9-12H2,1-3H3. The number of benzene rings is 1. The van der Waals surface area contributed by atoms with E-state index in [-0.39, 0.29) is 5.41 Å². The van der Waals surface area contributed by atoms with Crippen LogP contribution >= 0.6 is 31.9 Å². The number of hydrogen-bond donors (Lipinski definition) is 0. The maximum atomic E-state index is 5.93. The highest BCUT2D eigenvalue weighted by Crippen LogP contribution is 2.36. The van der Waals surface area contributed by atoms with Gasteiger partial charge in [-0.05, 0) is 36.8 Å². The molecule has 20 heavy (non-hydrogen) atoms. The number of alkyl halides is 2. The first-order valence-electron chi connectivity index (χ1n) is 7.06. The molecule has 0 aromatic heterocycles. The number of hydrogen-bond acceptors (Lipinski definition) is 2. The van der Waals surface area contributed by atoms with Crippen LogP contribution in [0.2, 0.25) is 0 Å². The van der Waals surface area contributed by atoms with Gasteiger partial charge in [-0.15, -0.1) is 0 Å². The smallest absolute Gasteiger partial charge is 0.161 e. The summed E-state index contributed by atoms with van der Waals surface area (Å²) < 4.78 is 11.5. The molecule has 114 valence electrons. The summed E-state index contributed by atoms with van der Waals surface area (Å²) >= 11 is 7.30. The third-order valence-electron chi connectivity index (χ3n) is 3.76. The molecule has 4 heteroatoms. The molecule has 1 aromatic rings. The van der Waals surface area contributed by atoms with E-state index >= 15 is 0 Å². The van der Waals surface area contributed by atoms with Crippen molar-refractivity contribution >= 4 is 31.9 Å². The van der Waals surface area contributed by atoms with Gasteiger partial charge in [0.1, 0.15) is 0 Å². The van der Waals surface area contributed by atoms with Crippen molar-refractivity contribution in [2.75, 3.05) is 23.9 Å². The molecule has 0 radical (unpaired) electrons. The average Bonchev–Trinajstić information content (AvgIpc) is 2.45. The van der Waals surface area contributed by atoms with E-state index in [2.05, 4.69) is 45.7 Å².